The van der Waals surface area contributed by atoms with E-state index in [1.165, 1.54) is 24.8 Å². The Hall–Kier alpha value is -2.86. The number of piperidine rings is 1. The predicted molar refractivity (Wildman–Crippen MR) is 177 cm³/mol. The lowest BCUT2D eigenvalue weighted by Crippen LogP contribution is -2.66. The molecule has 2 amide bonds. The van der Waals surface area contributed by atoms with Gasteiger partial charge in [0.2, 0.25) is 21.8 Å². The number of nitrogens with one attached hydrogen (secondary N) is 2. The summed E-state index contributed by atoms with van der Waals surface area (Å²) < 4.78 is 36.5. The molecular formula is C33H47ClN4O6S. The van der Waals surface area contributed by atoms with Gasteiger partial charge in [-0.05, 0) is 86.1 Å². The Bertz CT molecular complexity index is 1360. The zero-order valence-corrected chi connectivity index (χ0v) is 27.9. The maximum Gasteiger partial charge on any atom is 0.245 e. The quantitative estimate of drug-likeness (QED) is 0.336. The van der Waals surface area contributed by atoms with Crippen LogP contribution in [-0.2, 0) is 30.9 Å². The minimum Gasteiger partial charge on any atom is -0.457 e. The lowest BCUT2D eigenvalue weighted by molar-refractivity contribution is -0.153. The van der Waals surface area contributed by atoms with Gasteiger partial charge in [-0.1, -0.05) is 44.2 Å². The fraction of sp³-hybridized carbons (Fsp3) is 0.576. The molecule has 10 nitrogen and oxygen atoms in total. The van der Waals surface area contributed by atoms with Crippen molar-refractivity contribution >= 4 is 39.9 Å². The smallest absolute Gasteiger partial charge is 0.245 e. The van der Waals surface area contributed by atoms with Crippen LogP contribution >= 0.6 is 12.4 Å². The number of methoxy groups -OCH3 is 1. The van der Waals surface area contributed by atoms with E-state index in [0.717, 1.165) is 58.0 Å². The van der Waals surface area contributed by atoms with Gasteiger partial charge < -0.3 is 19.7 Å². The first-order valence-corrected chi connectivity index (χ1v) is 17.7. The van der Waals surface area contributed by atoms with Crippen molar-refractivity contribution in [1.82, 2.24) is 15.1 Å². The third-order valence-electron chi connectivity index (χ3n) is 9.13. The van der Waals surface area contributed by atoms with Gasteiger partial charge >= 0.3 is 0 Å². The molecule has 12 heteroatoms. The van der Waals surface area contributed by atoms with Crippen LogP contribution in [0, 0.1) is 11.8 Å². The predicted octanol–water partition coefficient (Wildman–Crippen LogP) is 4.80. The number of piperazine rings is 1. The summed E-state index contributed by atoms with van der Waals surface area (Å²) in [6.45, 7) is 3.39. The number of halogens is 1. The first-order valence-electron chi connectivity index (χ1n) is 15.9. The minimum atomic E-state index is -3.33. The fourth-order valence-electron chi connectivity index (χ4n) is 6.91. The molecule has 2 aliphatic heterocycles. The molecule has 248 valence electrons. The molecule has 3 fully saturated rings. The van der Waals surface area contributed by atoms with Crippen LogP contribution in [0.4, 0.5) is 5.69 Å². The van der Waals surface area contributed by atoms with Gasteiger partial charge in [0, 0.05) is 25.9 Å². The van der Waals surface area contributed by atoms with Crippen molar-refractivity contribution in [1.29, 1.82) is 0 Å². The molecule has 1 unspecified atom stereocenters. The van der Waals surface area contributed by atoms with E-state index in [1.54, 1.807) is 31.4 Å². The largest absolute Gasteiger partial charge is 0.457 e. The molecule has 0 spiro atoms. The number of benzene rings is 2. The number of hydrogen-bond acceptors (Lipinski definition) is 7. The van der Waals surface area contributed by atoms with Gasteiger partial charge in [-0.2, -0.15) is 0 Å². The Kier molecular flexibility index (Phi) is 12.5. The number of carbonyl (C=O) groups is 2. The third kappa shape index (κ3) is 9.81. The van der Waals surface area contributed by atoms with E-state index >= 15 is 0 Å². The summed E-state index contributed by atoms with van der Waals surface area (Å²) in [5.41, 5.74) is 1.65. The topological polar surface area (TPSA) is 117 Å². The summed E-state index contributed by atoms with van der Waals surface area (Å²) in [6.07, 6.45) is 9.57. The van der Waals surface area contributed by atoms with Crippen molar-refractivity contribution in [3.05, 3.63) is 54.1 Å². The zero-order valence-electron chi connectivity index (χ0n) is 26.3. The number of nitrogens with zero attached hydrogens (tertiary/aromatic N) is 2. The van der Waals surface area contributed by atoms with Gasteiger partial charge in [-0.15, -0.1) is 12.4 Å². The number of sulfonamides is 1. The lowest BCUT2D eigenvalue weighted by atomic mass is 9.82. The van der Waals surface area contributed by atoms with Crippen LogP contribution < -0.4 is 14.8 Å². The molecule has 45 heavy (non-hydrogen) atoms. The van der Waals surface area contributed by atoms with Gasteiger partial charge in [-0.3, -0.25) is 19.2 Å². The highest BCUT2D eigenvalue weighted by Gasteiger charge is 2.45. The third-order valence-corrected chi connectivity index (χ3v) is 9.74. The molecule has 5 rings (SSSR count). The number of likely N-dealkylation sites (tertiary alicyclic amines) is 1. The van der Waals surface area contributed by atoms with Crippen LogP contribution in [0.25, 0.3) is 0 Å². The summed E-state index contributed by atoms with van der Waals surface area (Å²) in [4.78, 5) is 31.3. The van der Waals surface area contributed by atoms with Crippen LogP contribution in [0.15, 0.2) is 48.5 Å². The number of hydrogen-bond donors (Lipinski definition) is 2. The lowest BCUT2D eigenvalue weighted by Gasteiger charge is -2.45. The molecule has 0 aromatic heterocycles. The Morgan fingerprint density at radius 1 is 0.911 bits per heavy atom. The second-order valence-electron chi connectivity index (χ2n) is 12.5. The molecule has 1 aliphatic carbocycles. The van der Waals surface area contributed by atoms with E-state index in [2.05, 4.69) is 14.9 Å². The van der Waals surface area contributed by atoms with Crippen molar-refractivity contribution in [2.45, 2.75) is 70.0 Å². The highest BCUT2D eigenvalue weighted by atomic mass is 35.5. The number of ether oxygens (including phenoxy) is 2. The van der Waals surface area contributed by atoms with Crippen molar-refractivity contribution < 1.29 is 27.5 Å². The summed E-state index contributed by atoms with van der Waals surface area (Å²) in [5, 5.41) is 3.13. The minimum absolute atomic E-state index is 0. The van der Waals surface area contributed by atoms with E-state index in [-0.39, 0.29) is 30.1 Å². The number of amides is 2. The van der Waals surface area contributed by atoms with E-state index < -0.39 is 22.1 Å². The summed E-state index contributed by atoms with van der Waals surface area (Å²) in [7, 11) is -1.69. The Morgan fingerprint density at radius 3 is 2.13 bits per heavy atom. The second kappa shape index (κ2) is 16.1. The molecule has 1 saturated carbocycles. The van der Waals surface area contributed by atoms with Crippen molar-refractivity contribution in [3.63, 3.8) is 0 Å². The molecule has 2 aromatic rings. The van der Waals surface area contributed by atoms with Gasteiger partial charge in [0.05, 0.1) is 12.9 Å². The summed E-state index contributed by atoms with van der Waals surface area (Å²) in [6, 6.07) is 13.9. The van der Waals surface area contributed by atoms with Gasteiger partial charge in [0.15, 0.2) is 0 Å². The van der Waals surface area contributed by atoms with E-state index in [4.69, 9.17) is 9.47 Å². The van der Waals surface area contributed by atoms with Crippen LogP contribution in [0.5, 0.6) is 11.5 Å². The molecule has 2 aromatic carbocycles. The first kappa shape index (κ1) is 35.0. The molecule has 2 saturated heterocycles. The van der Waals surface area contributed by atoms with Crippen molar-refractivity contribution in [3.8, 4) is 11.5 Å². The van der Waals surface area contributed by atoms with Gasteiger partial charge in [0.25, 0.3) is 0 Å². The van der Waals surface area contributed by atoms with E-state index in [0.29, 0.717) is 36.3 Å². The zero-order chi connectivity index (χ0) is 31.1. The Morgan fingerprint density at radius 2 is 1.53 bits per heavy atom. The van der Waals surface area contributed by atoms with Crippen LogP contribution in [-0.4, -0.2) is 81.7 Å². The molecule has 0 bridgehead atoms. The van der Waals surface area contributed by atoms with Crippen molar-refractivity contribution in [2.75, 3.05) is 44.3 Å². The maximum absolute atomic E-state index is 13.6. The second-order valence-corrected chi connectivity index (χ2v) is 14.3. The average Bonchev–Trinajstić information content (AvgIpc) is 3.00. The molecule has 0 radical (unpaired) electrons. The molecule has 2 atom stereocenters. The Labute approximate surface area is 273 Å². The highest BCUT2D eigenvalue weighted by Crippen LogP contribution is 2.32. The number of anilines is 1. The normalized spacial score (nSPS) is 22.0. The fourth-order valence-corrected chi connectivity index (χ4v) is 7.47. The van der Waals surface area contributed by atoms with Gasteiger partial charge in [-0.25, -0.2) is 8.42 Å². The first-order chi connectivity index (χ1) is 21.2. The van der Waals surface area contributed by atoms with Crippen LogP contribution in [0.2, 0.25) is 0 Å². The van der Waals surface area contributed by atoms with E-state index in [9.17, 15) is 18.0 Å². The molecular weight excluding hydrogens is 616 g/mol. The van der Waals surface area contributed by atoms with Crippen molar-refractivity contribution in [2.24, 2.45) is 11.8 Å². The Balaban J connectivity index is 0.00000461. The van der Waals surface area contributed by atoms with E-state index in [1.807, 2.05) is 29.2 Å². The standard InChI is InChI=1S/C33H46N4O6S.ClH/c1-42-21-20-37-31(32(38)34-30(33(37)39)22-24-6-4-3-5-7-24)26-16-18-36(19-17-26)23-25-8-12-28(13-9-25)43-29-14-10-27(11-15-29)35-44(2,40)41;/h8-15,24,26,30-31,35H,3-7,16-23H2,1-2H3,(H,34,38);1H/t30-,31?;/m0./s1. The molecule has 2 N–H and O–H groups in total. The highest BCUT2D eigenvalue weighted by molar-refractivity contribution is 7.92. The summed E-state index contributed by atoms with van der Waals surface area (Å²) >= 11 is 0. The average molecular weight is 663 g/mol. The van der Waals surface area contributed by atoms with Crippen LogP contribution in [0.1, 0.15) is 56.9 Å². The number of carbonyl (C=O) groups excluding carboxylic acids is 2. The monoisotopic (exact) mass is 662 g/mol. The van der Waals surface area contributed by atoms with Crippen LogP contribution in [0.3, 0.4) is 0 Å². The molecule has 2 heterocycles. The SMILES string of the molecule is COCCN1C(=O)[C@H](CC2CCCCC2)NC(=O)C1C1CCN(Cc2ccc(Oc3ccc(NS(C)(=O)=O)cc3)cc2)CC1.Cl. The summed E-state index contributed by atoms with van der Waals surface area (Å²) in [5.74, 6) is 2.00. The number of rotatable bonds is 12. The van der Waals surface area contributed by atoms with Gasteiger partial charge in [0.1, 0.15) is 23.6 Å². The molecule has 3 aliphatic rings. The maximum atomic E-state index is 13.6.